The van der Waals surface area contributed by atoms with Crippen molar-refractivity contribution in [2.24, 2.45) is 5.10 Å². The Hall–Kier alpha value is -3.19. The average Bonchev–Trinajstić information content (AvgIpc) is 3.06. The molecule has 28 heavy (non-hydrogen) atoms. The van der Waals surface area contributed by atoms with Crippen molar-refractivity contribution in [1.82, 2.24) is 4.98 Å². The molecule has 0 aliphatic rings. The van der Waals surface area contributed by atoms with Gasteiger partial charge >= 0.3 is 6.09 Å². The third-order valence-electron chi connectivity index (χ3n) is 3.89. The zero-order chi connectivity index (χ0) is 19.9. The van der Waals surface area contributed by atoms with Crippen LogP contribution in [0.5, 0.6) is 0 Å². The minimum absolute atomic E-state index is 0.302. The first-order valence-electron chi connectivity index (χ1n) is 8.92. The van der Waals surface area contributed by atoms with E-state index in [1.165, 1.54) is 16.9 Å². The van der Waals surface area contributed by atoms with Crippen molar-refractivity contribution in [1.29, 1.82) is 0 Å². The van der Waals surface area contributed by atoms with Gasteiger partial charge < -0.3 is 4.74 Å². The van der Waals surface area contributed by atoms with Crippen molar-refractivity contribution in [2.75, 3.05) is 17.3 Å². The van der Waals surface area contributed by atoms with E-state index in [2.05, 4.69) is 20.8 Å². The summed E-state index contributed by atoms with van der Waals surface area (Å²) in [5.74, 6) is 0. The Balaban J connectivity index is 1.82. The van der Waals surface area contributed by atoms with Crippen molar-refractivity contribution < 1.29 is 9.53 Å². The predicted octanol–water partition coefficient (Wildman–Crippen LogP) is 5.44. The van der Waals surface area contributed by atoms with Crippen LogP contribution in [-0.2, 0) is 4.74 Å². The van der Waals surface area contributed by atoms with Crippen molar-refractivity contribution in [3.05, 3.63) is 65.2 Å². The molecule has 0 aliphatic carbocycles. The van der Waals surface area contributed by atoms with E-state index < -0.39 is 6.09 Å². The van der Waals surface area contributed by atoms with Gasteiger partial charge in [0.25, 0.3) is 0 Å². The molecule has 0 saturated heterocycles. The largest absolute Gasteiger partial charge is 0.450 e. The molecule has 0 radical (unpaired) electrons. The number of nitrogens with zero attached hydrogens (tertiary/aromatic N) is 2. The van der Waals surface area contributed by atoms with Crippen LogP contribution in [0.4, 0.5) is 14.9 Å². The molecule has 0 spiro atoms. The number of rotatable bonds is 6. The van der Waals surface area contributed by atoms with Crippen LogP contribution < -0.4 is 10.7 Å². The highest BCUT2D eigenvalue weighted by molar-refractivity contribution is 7.20. The molecule has 144 valence electrons. The molecule has 0 unspecified atom stereocenters. The number of hydrazone groups is 1. The lowest BCUT2D eigenvalue weighted by molar-refractivity contribution is 0.168. The molecule has 1 amide bonds. The minimum atomic E-state index is -0.505. The smallest absolute Gasteiger partial charge is 0.412 e. The first-order chi connectivity index (χ1) is 13.5. The zero-order valence-electron chi connectivity index (χ0n) is 16.0. The Kier molecular flexibility index (Phi) is 6.39. The SMILES string of the molecule is CCOC(=O)Nc1sc(N/N=C/c2ccc(C)cc2)nc1-c1ccc(C)cc1. The zero-order valence-corrected chi connectivity index (χ0v) is 16.8. The molecule has 6 nitrogen and oxygen atoms in total. The summed E-state index contributed by atoms with van der Waals surface area (Å²) in [6.45, 7) is 6.13. The summed E-state index contributed by atoms with van der Waals surface area (Å²) < 4.78 is 4.99. The van der Waals surface area contributed by atoms with Gasteiger partial charge in [-0.05, 0) is 26.3 Å². The van der Waals surface area contributed by atoms with Crippen LogP contribution in [0.2, 0.25) is 0 Å². The molecule has 2 N–H and O–H groups in total. The van der Waals surface area contributed by atoms with E-state index in [4.69, 9.17) is 4.74 Å². The number of aryl methyl sites for hydroxylation is 2. The third-order valence-corrected chi connectivity index (χ3v) is 4.77. The number of hydrogen-bond acceptors (Lipinski definition) is 6. The van der Waals surface area contributed by atoms with Gasteiger partial charge in [-0.3, -0.25) is 10.7 Å². The summed E-state index contributed by atoms with van der Waals surface area (Å²) >= 11 is 1.30. The first-order valence-corrected chi connectivity index (χ1v) is 9.74. The highest BCUT2D eigenvalue weighted by atomic mass is 32.1. The fraction of sp³-hybridized carbons (Fsp3) is 0.190. The second-order valence-electron chi connectivity index (χ2n) is 6.19. The van der Waals surface area contributed by atoms with Gasteiger partial charge in [0.2, 0.25) is 5.13 Å². The summed E-state index contributed by atoms with van der Waals surface area (Å²) in [5.41, 5.74) is 7.85. The maximum atomic E-state index is 11.9. The summed E-state index contributed by atoms with van der Waals surface area (Å²) in [7, 11) is 0. The Labute approximate surface area is 168 Å². The molecule has 3 rings (SSSR count). The second kappa shape index (κ2) is 9.14. The molecule has 0 aliphatic heterocycles. The lowest BCUT2D eigenvalue weighted by Crippen LogP contribution is -2.12. The Morgan fingerprint density at radius 3 is 2.39 bits per heavy atom. The fourth-order valence-corrected chi connectivity index (χ4v) is 3.26. The number of hydrogen-bond donors (Lipinski definition) is 2. The average molecular weight is 395 g/mol. The van der Waals surface area contributed by atoms with E-state index in [1.807, 2.05) is 62.4 Å². The van der Waals surface area contributed by atoms with Crippen molar-refractivity contribution in [3.8, 4) is 11.3 Å². The standard InChI is InChI=1S/C21H22N4O2S/c1-4-27-21(26)24-19-18(17-11-7-15(3)8-12-17)23-20(28-19)25-22-13-16-9-5-14(2)6-10-16/h5-13H,4H2,1-3H3,(H,23,25)(H,24,26)/b22-13+. The number of ether oxygens (including phenoxy) is 1. The molecule has 1 heterocycles. The molecular weight excluding hydrogens is 372 g/mol. The number of anilines is 2. The monoisotopic (exact) mass is 394 g/mol. The number of nitrogens with one attached hydrogen (secondary N) is 2. The van der Waals surface area contributed by atoms with Crippen LogP contribution in [0.1, 0.15) is 23.6 Å². The van der Waals surface area contributed by atoms with E-state index in [-0.39, 0.29) is 0 Å². The number of amides is 1. The topological polar surface area (TPSA) is 75.6 Å². The van der Waals surface area contributed by atoms with Crippen molar-refractivity contribution in [2.45, 2.75) is 20.8 Å². The number of carbonyl (C=O) groups is 1. The molecule has 3 aromatic rings. The number of thiazole rings is 1. The lowest BCUT2D eigenvalue weighted by atomic mass is 10.1. The van der Waals surface area contributed by atoms with Gasteiger partial charge in [0, 0.05) is 5.56 Å². The summed E-state index contributed by atoms with van der Waals surface area (Å²) in [6.07, 6.45) is 1.22. The second-order valence-corrected chi connectivity index (χ2v) is 7.19. The van der Waals surface area contributed by atoms with E-state index in [0.29, 0.717) is 22.4 Å². The number of benzene rings is 2. The fourth-order valence-electron chi connectivity index (χ4n) is 2.43. The minimum Gasteiger partial charge on any atom is -0.450 e. The van der Waals surface area contributed by atoms with Gasteiger partial charge in [-0.2, -0.15) is 5.10 Å². The van der Waals surface area contributed by atoms with Crippen LogP contribution in [0, 0.1) is 13.8 Å². The van der Waals surface area contributed by atoms with Gasteiger partial charge in [0.1, 0.15) is 10.7 Å². The maximum absolute atomic E-state index is 11.9. The molecule has 0 bridgehead atoms. The quantitative estimate of drug-likeness (QED) is 0.431. The normalized spacial score (nSPS) is 10.8. The van der Waals surface area contributed by atoms with Gasteiger partial charge in [-0.1, -0.05) is 71.0 Å². The highest BCUT2D eigenvalue weighted by Gasteiger charge is 2.16. The maximum Gasteiger partial charge on any atom is 0.412 e. The number of carbonyl (C=O) groups excluding carboxylic acids is 1. The number of aromatic nitrogens is 1. The molecule has 2 aromatic carbocycles. The first kappa shape index (κ1) is 19.6. The van der Waals surface area contributed by atoms with Crippen molar-refractivity contribution >= 4 is 33.8 Å². The Morgan fingerprint density at radius 2 is 1.75 bits per heavy atom. The summed E-state index contributed by atoms with van der Waals surface area (Å²) in [5, 5.41) is 8.19. The van der Waals surface area contributed by atoms with E-state index in [0.717, 1.165) is 16.7 Å². The van der Waals surface area contributed by atoms with Crippen LogP contribution in [-0.4, -0.2) is 23.9 Å². The summed E-state index contributed by atoms with van der Waals surface area (Å²) in [4.78, 5) is 16.5. The molecule has 0 fully saturated rings. The van der Waals surface area contributed by atoms with E-state index in [1.54, 1.807) is 13.1 Å². The Morgan fingerprint density at radius 1 is 1.11 bits per heavy atom. The van der Waals surface area contributed by atoms with Crippen LogP contribution in [0.15, 0.2) is 53.6 Å². The Bertz CT molecular complexity index is 963. The lowest BCUT2D eigenvalue weighted by Gasteiger charge is -2.05. The predicted molar refractivity (Wildman–Crippen MR) is 115 cm³/mol. The molecule has 0 atom stereocenters. The molecular formula is C21H22N4O2S. The summed E-state index contributed by atoms with van der Waals surface area (Å²) in [6, 6.07) is 16.0. The van der Waals surface area contributed by atoms with E-state index in [9.17, 15) is 4.79 Å². The van der Waals surface area contributed by atoms with Gasteiger partial charge in [0.05, 0.1) is 12.8 Å². The van der Waals surface area contributed by atoms with Crippen LogP contribution in [0.25, 0.3) is 11.3 Å². The molecule has 1 aromatic heterocycles. The highest BCUT2D eigenvalue weighted by Crippen LogP contribution is 2.36. The van der Waals surface area contributed by atoms with Crippen LogP contribution >= 0.6 is 11.3 Å². The molecule has 0 saturated carbocycles. The van der Waals surface area contributed by atoms with Gasteiger partial charge in [-0.25, -0.2) is 9.78 Å². The van der Waals surface area contributed by atoms with Gasteiger partial charge in [0.15, 0.2) is 0 Å². The third kappa shape index (κ3) is 5.17. The molecule has 7 heteroatoms. The van der Waals surface area contributed by atoms with E-state index >= 15 is 0 Å². The van der Waals surface area contributed by atoms with Crippen LogP contribution in [0.3, 0.4) is 0 Å². The van der Waals surface area contributed by atoms with Crippen molar-refractivity contribution in [3.63, 3.8) is 0 Å². The van der Waals surface area contributed by atoms with Gasteiger partial charge in [-0.15, -0.1) is 0 Å².